The maximum Gasteiger partial charge on any atom is 0.256 e. The van der Waals surface area contributed by atoms with Crippen LogP contribution in [0.2, 0.25) is 0 Å². The van der Waals surface area contributed by atoms with Gasteiger partial charge in [0.15, 0.2) is 11.4 Å². The van der Waals surface area contributed by atoms with E-state index in [4.69, 9.17) is 10.1 Å². The lowest BCUT2D eigenvalue weighted by atomic mass is 10.1. The monoisotopic (exact) mass is 424 g/mol. The van der Waals surface area contributed by atoms with Crippen LogP contribution in [0.3, 0.4) is 0 Å². The van der Waals surface area contributed by atoms with Gasteiger partial charge in [0, 0.05) is 17.2 Å². The van der Waals surface area contributed by atoms with Crippen molar-refractivity contribution < 1.29 is 9.59 Å². The maximum absolute atomic E-state index is 13.4. The third-order valence-corrected chi connectivity index (χ3v) is 5.87. The number of pyridine rings is 1. The van der Waals surface area contributed by atoms with Crippen LogP contribution >= 0.6 is 0 Å². The summed E-state index contributed by atoms with van der Waals surface area (Å²) in [5.41, 5.74) is 5.08. The third-order valence-electron chi connectivity index (χ3n) is 5.87. The van der Waals surface area contributed by atoms with Gasteiger partial charge < -0.3 is 5.32 Å². The molecule has 1 aliphatic rings. The highest BCUT2D eigenvalue weighted by molar-refractivity contribution is 6.14. The Hall–Kier alpha value is -3.80. The van der Waals surface area contributed by atoms with Gasteiger partial charge >= 0.3 is 0 Å². The van der Waals surface area contributed by atoms with Gasteiger partial charge in [-0.25, -0.2) is 9.67 Å². The van der Waals surface area contributed by atoms with Crippen LogP contribution in [0.1, 0.15) is 63.4 Å². The fourth-order valence-corrected chi connectivity index (χ4v) is 4.10. The number of anilines is 1. The number of nitrogens with one attached hydrogen (secondary N) is 1. The van der Waals surface area contributed by atoms with E-state index in [1.54, 1.807) is 18.2 Å². The second-order valence-electron chi connectivity index (χ2n) is 8.35. The Morgan fingerprint density at radius 1 is 1.03 bits per heavy atom. The number of carbonyl (C=O) groups is 2. The first-order valence-electron chi connectivity index (χ1n) is 10.8. The van der Waals surface area contributed by atoms with Gasteiger partial charge in [-0.15, -0.1) is 0 Å². The van der Waals surface area contributed by atoms with Crippen molar-refractivity contribution in [3.63, 3.8) is 0 Å². The smallest absolute Gasteiger partial charge is 0.256 e. The predicted octanol–water partition coefficient (Wildman–Crippen LogP) is 5.12. The van der Waals surface area contributed by atoms with Crippen molar-refractivity contribution in [1.82, 2.24) is 14.8 Å². The number of para-hydroxylation sites is 1. The van der Waals surface area contributed by atoms with Gasteiger partial charge in [0.2, 0.25) is 0 Å². The highest BCUT2D eigenvalue weighted by Crippen LogP contribution is 2.40. The summed E-state index contributed by atoms with van der Waals surface area (Å²) < 4.78 is 1.88. The first-order chi connectivity index (χ1) is 15.5. The Bertz CT molecular complexity index is 1340. The molecule has 0 unspecified atom stereocenters. The fourth-order valence-electron chi connectivity index (χ4n) is 4.10. The number of hydrogen-bond acceptors (Lipinski definition) is 4. The lowest BCUT2D eigenvalue weighted by molar-refractivity contribution is 0.101. The van der Waals surface area contributed by atoms with Crippen molar-refractivity contribution >= 4 is 28.4 Å². The summed E-state index contributed by atoms with van der Waals surface area (Å²) in [7, 11) is 0. The highest BCUT2D eigenvalue weighted by atomic mass is 16.1. The standard InChI is InChI=1S/C26H24N4O2/c1-16-24-21(26(32)28-22-11-7-6-10-20(22)17(2)31)14-23(19-12-13-19)27-25(24)30(29-16)15-18-8-4-3-5-9-18/h3-11,14,19H,12-13,15H2,1-2H3,(H,28,32). The molecule has 1 aliphatic carbocycles. The maximum atomic E-state index is 13.4. The van der Waals surface area contributed by atoms with Crippen molar-refractivity contribution in [3.05, 3.63) is 88.7 Å². The summed E-state index contributed by atoms with van der Waals surface area (Å²) in [4.78, 5) is 30.4. The minimum absolute atomic E-state index is 0.0914. The lowest BCUT2D eigenvalue weighted by Crippen LogP contribution is -2.16. The lowest BCUT2D eigenvalue weighted by Gasteiger charge is -2.11. The van der Waals surface area contributed by atoms with E-state index in [2.05, 4.69) is 17.4 Å². The van der Waals surface area contributed by atoms with Crippen molar-refractivity contribution in [3.8, 4) is 0 Å². The molecule has 160 valence electrons. The van der Waals surface area contributed by atoms with E-state index in [9.17, 15) is 9.59 Å². The Morgan fingerprint density at radius 3 is 2.47 bits per heavy atom. The number of nitrogens with zero attached hydrogens (tertiary/aromatic N) is 3. The van der Waals surface area contributed by atoms with E-state index < -0.39 is 0 Å². The SMILES string of the molecule is CC(=O)c1ccccc1NC(=O)c1cc(C2CC2)nc2c1c(C)nn2Cc1ccccc1. The number of hydrogen-bond donors (Lipinski definition) is 1. The Morgan fingerprint density at radius 2 is 1.75 bits per heavy atom. The van der Waals surface area contributed by atoms with Crippen LogP contribution in [0, 0.1) is 6.92 Å². The molecule has 5 rings (SSSR count). The number of aromatic nitrogens is 3. The molecule has 0 radical (unpaired) electrons. The minimum Gasteiger partial charge on any atom is -0.321 e. The number of Topliss-reactive ketones (excluding diaryl/α,β-unsaturated/α-hetero) is 1. The fraction of sp³-hybridized carbons (Fsp3) is 0.231. The normalized spacial score (nSPS) is 13.3. The van der Waals surface area contributed by atoms with Gasteiger partial charge in [0.1, 0.15) is 0 Å². The summed E-state index contributed by atoms with van der Waals surface area (Å²) in [5, 5.41) is 8.42. The molecular formula is C26H24N4O2. The zero-order chi connectivity index (χ0) is 22.2. The topological polar surface area (TPSA) is 76.9 Å². The quantitative estimate of drug-likeness (QED) is 0.436. The van der Waals surface area contributed by atoms with Crippen LogP contribution in [0.5, 0.6) is 0 Å². The summed E-state index contributed by atoms with van der Waals surface area (Å²) in [5.74, 6) is 0.0394. The van der Waals surface area contributed by atoms with Gasteiger partial charge in [-0.05, 0) is 50.5 Å². The molecule has 1 saturated carbocycles. The number of amides is 1. The number of fused-ring (bicyclic) bond motifs is 1. The molecule has 6 nitrogen and oxygen atoms in total. The third kappa shape index (κ3) is 3.80. The Balaban J connectivity index is 1.59. The van der Waals surface area contributed by atoms with Crippen LogP contribution in [0.4, 0.5) is 5.69 Å². The number of rotatable bonds is 6. The second kappa shape index (κ2) is 8.04. The Kier molecular flexibility index (Phi) is 5.05. The first kappa shape index (κ1) is 20.1. The van der Waals surface area contributed by atoms with Crippen molar-refractivity contribution in [2.75, 3.05) is 5.32 Å². The first-order valence-corrected chi connectivity index (χ1v) is 10.8. The molecule has 4 aromatic rings. The summed E-state index contributed by atoms with van der Waals surface area (Å²) in [6.07, 6.45) is 2.16. The number of benzene rings is 2. The van der Waals surface area contributed by atoms with E-state index in [0.717, 1.165) is 40.8 Å². The molecule has 2 aromatic carbocycles. The number of ketones is 1. The number of aryl methyl sites for hydroxylation is 1. The van der Waals surface area contributed by atoms with E-state index in [1.165, 1.54) is 6.92 Å². The van der Waals surface area contributed by atoms with E-state index in [0.29, 0.717) is 29.3 Å². The van der Waals surface area contributed by atoms with Gasteiger partial charge in [-0.1, -0.05) is 42.5 Å². The van der Waals surface area contributed by atoms with Gasteiger partial charge in [0.25, 0.3) is 5.91 Å². The molecule has 1 N–H and O–H groups in total. The van der Waals surface area contributed by atoms with E-state index >= 15 is 0 Å². The van der Waals surface area contributed by atoms with Crippen molar-refractivity contribution in [1.29, 1.82) is 0 Å². The average Bonchev–Trinajstić information content (AvgIpc) is 3.59. The van der Waals surface area contributed by atoms with Crippen LogP contribution in [-0.4, -0.2) is 26.5 Å². The largest absolute Gasteiger partial charge is 0.321 e. The molecule has 1 amide bonds. The van der Waals surface area contributed by atoms with Crippen LogP contribution < -0.4 is 5.32 Å². The molecular weight excluding hydrogens is 400 g/mol. The molecule has 32 heavy (non-hydrogen) atoms. The van der Waals surface area contributed by atoms with Gasteiger partial charge in [0.05, 0.1) is 28.9 Å². The molecule has 2 heterocycles. The molecule has 1 fully saturated rings. The summed E-state index contributed by atoms with van der Waals surface area (Å²) >= 11 is 0. The average molecular weight is 425 g/mol. The molecule has 0 bridgehead atoms. The summed E-state index contributed by atoms with van der Waals surface area (Å²) in [6, 6.07) is 19.1. The molecule has 0 atom stereocenters. The second-order valence-corrected chi connectivity index (χ2v) is 8.35. The van der Waals surface area contributed by atoms with Crippen molar-refractivity contribution in [2.24, 2.45) is 0 Å². The van der Waals surface area contributed by atoms with Crippen LogP contribution in [0.25, 0.3) is 11.0 Å². The molecule has 6 heteroatoms. The zero-order valence-electron chi connectivity index (χ0n) is 18.1. The predicted molar refractivity (Wildman–Crippen MR) is 124 cm³/mol. The van der Waals surface area contributed by atoms with Crippen molar-refractivity contribution in [2.45, 2.75) is 39.2 Å². The molecule has 0 aliphatic heterocycles. The molecule has 2 aromatic heterocycles. The summed E-state index contributed by atoms with van der Waals surface area (Å²) in [6.45, 7) is 3.99. The molecule has 0 spiro atoms. The molecule has 0 saturated heterocycles. The highest BCUT2D eigenvalue weighted by Gasteiger charge is 2.29. The Labute approximate surface area is 186 Å². The minimum atomic E-state index is -0.254. The van der Waals surface area contributed by atoms with Gasteiger partial charge in [-0.2, -0.15) is 5.10 Å². The van der Waals surface area contributed by atoms with Crippen LogP contribution in [0.15, 0.2) is 60.7 Å². The van der Waals surface area contributed by atoms with Gasteiger partial charge in [-0.3, -0.25) is 9.59 Å². The van der Waals surface area contributed by atoms with Crippen LogP contribution in [-0.2, 0) is 6.54 Å². The number of carbonyl (C=O) groups excluding carboxylic acids is 2. The van der Waals surface area contributed by atoms with E-state index in [1.807, 2.05) is 41.9 Å². The van der Waals surface area contributed by atoms with E-state index in [-0.39, 0.29) is 11.7 Å². The zero-order valence-corrected chi connectivity index (χ0v) is 18.1.